The van der Waals surface area contributed by atoms with Crippen molar-refractivity contribution in [2.24, 2.45) is 0 Å². The number of benzene rings is 1. The molecule has 0 aliphatic rings. The van der Waals surface area contributed by atoms with Gasteiger partial charge < -0.3 is 4.74 Å². The second-order valence-electron chi connectivity index (χ2n) is 3.11. The Morgan fingerprint density at radius 2 is 1.73 bits per heavy atom. The molecule has 0 radical (unpaired) electrons. The minimum atomic E-state index is -0.619. The Hall–Kier alpha value is -1.97. The molecule has 76 valence electrons. The van der Waals surface area contributed by atoms with Crippen LogP contribution in [0.15, 0.2) is 36.4 Å². The highest BCUT2D eigenvalue weighted by atomic mass is 19.1. The zero-order chi connectivity index (χ0) is 10.7. The monoisotopic (exact) mass is 204 g/mol. The highest BCUT2D eigenvalue weighted by Crippen LogP contribution is 2.18. The van der Waals surface area contributed by atoms with Crippen LogP contribution in [0.3, 0.4) is 0 Å². The third kappa shape index (κ3) is 2.49. The zero-order valence-corrected chi connectivity index (χ0v) is 8.14. The van der Waals surface area contributed by atoms with Gasteiger partial charge in [0, 0.05) is 12.1 Å². The number of nitrogens with zero attached hydrogens (tertiary/aromatic N) is 2. The molecule has 1 aromatic carbocycles. The number of aromatic nitrogens is 2. The zero-order valence-electron chi connectivity index (χ0n) is 8.14. The van der Waals surface area contributed by atoms with E-state index in [1.807, 2.05) is 31.2 Å². The highest BCUT2D eigenvalue weighted by molar-refractivity contribution is 5.29. The van der Waals surface area contributed by atoms with E-state index in [1.54, 1.807) is 0 Å². The van der Waals surface area contributed by atoms with Crippen LogP contribution in [0.5, 0.6) is 11.6 Å². The first kappa shape index (κ1) is 9.58. The summed E-state index contributed by atoms with van der Waals surface area (Å²) in [4.78, 5) is 0. The molecule has 2 rings (SSSR count). The van der Waals surface area contributed by atoms with Crippen molar-refractivity contribution in [2.45, 2.75) is 6.92 Å². The summed E-state index contributed by atoms with van der Waals surface area (Å²) in [5.41, 5.74) is 1.15. The maximum atomic E-state index is 12.4. The van der Waals surface area contributed by atoms with Gasteiger partial charge in [-0.1, -0.05) is 17.7 Å². The van der Waals surface area contributed by atoms with Crippen molar-refractivity contribution < 1.29 is 9.13 Å². The minimum Gasteiger partial charge on any atom is -0.438 e. The topological polar surface area (TPSA) is 35.0 Å². The van der Waals surface area contributed by atoms with Crippen molar-refractivity contribution in [1.29, 1.82) is 0 Å². The molecule has 0 N–H and O–H groups in total. The normalized spacial score (nSPS) is 10.0. The maximum Gasteiger partial charge on any atom is 0.239 e. The molecule has 0 bridgehead atoms. The number of hydrogen-bond donors (Lipinski definition) is 0. The Morgan fingerprint density at radius 1 is 1.00 bits per heavy atom. The lowest BCUT2D eigenvalue weighted by molar-refractivity contribution is 0.443. The fourth-order valence-electron chi connectivity index (χ4n) is 1.09. The first-order valence-corrected chi connectivity index (χ1v) is 4.48. The standard InChI is InChI=1S/C11H9FN2O/c1-8-2-4-9(5-3-8)15-11-7-6-10(12)13-14-11/h2-7H,1H3. The average Bonchev–Trinajstić information content (AvgIpc) is 2.25. The van der Waals surface area contributed by atoms with E-state index in [1.165, 1.54) is 12.1 Å². The van der Waals surface area contributed by atoms with Gasteiger partial charge in [-0.05, 0) is 19.1 Å². The molecule has 15 heavy (non-hydrogen) atoms. The van der Waals surface area contributed by atoms with Crippen LogP contribution < -0.4 is 4.74 Å². The first-order valence-electron chi connectivity index (χ1n) is 4.48. The molecule has 0 saturated carbocycles. The van der Waals surface area contributed by atoms with Crippen LogP contribution in [0, 0.1) is 12.9 Å². The molecule has 4 heteroatoms. The van der Waals surface area contributed by atoms with Crippen molar-refractivity contribution in [3.8, 4) is 11.6 Å². The minimum absolute atomic E-state index is 0.278. The van der Waals surface area contributed by atoms with Crippen LogP contribution in [-0.2, 0) is 0 Å². The summed E-state index contributed by atoms with van der Waals surface area (Å²) in [6.45, 7) is 1.99. The third-order valence-corrected chi connectivity index (χ3v) is 1.85. The molecule has 1 heterocycles. The number of rotatable bonds is 2. The van der Waals surface area contributed by atoms with E-state index in [0.29, 0.717) is 5.75 Å². The van der Waals surface area contributed by atoms with Gasteiger partial charge >= 0.3 is 0 Å². The predicted octanol–water partition coefficient (Wildman–Crippen LogP) is 2.72. The maximum absolute atomic E-state index is 12.4. The fraction of sp³-hybridized carbons (Fsp3) is 0.0909. The third-order valence-electron chi connectivity index (χ3n) is 1.85. The van der Waals surface area contributed by atoms with E-state index >= 15 is 0 Å². The van der Waals surface area contributed by atoms with Crippen LogP contribution >= 0.6 is 0 Å². The van der Waals surface area contributed by atoms with E-state index in [-0.39, 0.29) is 5.88 Å². The SMILES string of the molecule is Cc1ccc(Oc2ccc(F)nn2)cc1. The van der Waals surface area contributed by atoms with Gasteiger partial charge in [-0.3, -0.25) is 0 Å². The Balaban J connectivity index is 2.15. The van der Waals surface area contributed by atoms with Gasteiger partial charge in [0.1, 0.15) is 5.75 Å². The van der Waals surface area contributed by atoms with Crippen molar-refractivity contribution in [3.63, 3.8) is 0 Å². The van der Waals surface area contributed by atoms with Gasteiger partial charge in [-0.25, -0.2) is 0 Å². The summed E-state index contributed by atoms with van der Waals surface area (Å²) in [5, 5.41) is 6.80. The Bertz CT molecular complexity index is 396. The highest BCUT2D eigenvalue weighted by Gasteiger charge is 1.99. The number of hydrogen-bond acceptors (Lipinski definition) is 3. The van der Waals surface area contributed by atoms with Gasteiger partial charge in [0.25, 0.3) is 0 Å². The van der Waals surface area contributed by atoms with Crippen molar-refractivity contribution >= 4 is 0 Å². The van der Waals surface area contributed by atoms with E-state index in [0.717, 1.165) is 5.56 Å². The summed E-state index contributed by atoms with van der Waals surface area (Å²) < 4.78 is 17.8. The smallest absolute Gasteiger partial charge is 0.239 e. The molecule has 2 aromatic rings. The lowest BCUT2D eigenvalue weighted by Crippen LogP contribution is -1.92. The summed E-state index contributed by atoms with van der Waals surface area (Å²) >= 11 is 0. The molecule has 0 atom stereocenters. The van der Waals surface area contributed by atoms with E-state index < -0.39 is 5.95 Å². The molecular formula is C11H9FN2O. The van der Waals surface area contributed by atoms with Crippen LogP contribution in [0.25, 0.3) is 0 Å². The van der Waals surface area contributed by atoms with Gasteiger partial charge in [0.15, 0.2) is 0 Å². The largest absolute Gasteiger partial charge is 0.438 e. The van der Waals surface area contributed by atoms with Gasteiger partial charge in [0.2, 0.25) is 11.8 Å². The summed E-state index contributed by atoms with van der Waals surface area (Å²) in [6, 6.07) is 10.1. The number of ether oxygens (including phenoxy) is 1. The van der Waals surface area contributed by atoms with Gasteiger partial charge in [-0.2, -0.15) is 4.39 Å². The van der Waals surface area contributed by atoms with Gasteiger partial charge in [-0.15, -0.1) is 10.2 Å². The molecule has 0 aliphatic carbocycles. The summed E-state index contributed by atoms with van der Waals surface area (Å²) in [7, 11) is 0. The van der Waals surface area contributed by atoms with Crippen LogP contribution in [0.2, 0.25) is 0 Å². The van der Waals surface area contributed by atoms with Crippen LogP contribution in [0.4, 0.5) is 4.39 Å². The predicted molar refractivity (Wildman–Crippen MR) is 53.2 cm³/mol. The van der Waals surface area contributed by atoms with Crippen LogP contribution in [-0.4, -0.2) is 10.2 Å². The Kier molecular flexibility index (Phi) is 2.58. The second-order valence-corrected chi connectivity index (χ2v) is 3.11. The summed E-state index contributed by atoms with van der Waals surface area (Å²) in [5.74, 6) is 0.313. The van der Waals surface area contributed by atoms with Crippen LogP contribution in [0.1, 0.15) is 5.56 Å². The molecule has 3 nitrogen and oxygen atoms in total. The van der Waals surface area contributed by atoms with Crippen molar-refractivity contribution in [3.05, 3.63) is 47.9 Å². The van der Waals surface area contributed by atoms with Crippen molar-refractivity contribution in [1.82, 2.24) is 10.2 Å². The molecular weight excluding hydrogens is 195 g/mol. The lowest BCUT2D eigenvalue weighted by Gasteiger charge is -2.03. The Morgan fingerprint density at radius 3 is 2.33 bits per heavy atom. The molecule has 0 amide bonds. The summed E-state index contributed by atoms with van der Waals surface area (Å²) in [6.07, 6.45) is 0. The molecule has 0 unspecified atom stereocenters. The fourth-order valence-corrected chi connectivity index (χ4v) is 1.09. The van der Waals surface area contributed by atoms with Crippen molar-refractivity contribution in [2.75, 3.05) is 0 Å². The quantitative estimate of drug-likeness (QED) is 0.754. The average molecular weight is 204 g/mol. The molecule has 0 spiro atoms. The molecule has 0 fully saturated rings. The lowest BCUT2D eigenvalue weighted by atomic mass is 10.2. The first-order chi connectivity index (χ1) is 7.24. The number of halogens is 1. The number of aryl methyl sites for hydroxylation is 1. The van der Waals surface area contributed by atoms with E-state index in [9.17, 15) is 4.39 Å². The molecule has 1 aromatic heterocycles. The van der Waals surface area contributed by atoms with E-state index in [4.69, 9.17) is 4.74 Å². The molecule has 0 aliphatic heterocycles. The van der Waals surface area contributed by atoms with E-state index in [2.05, 4.69) is 10.2 Å². The molecule has 0 saturated heterocycles. The Labute approximate surface area is 86.5 Å². The van der Waals surface area contributed by atoms with Gasteiger partial charge in [0.05, 0.1) is 0 Å². The second kappa shape index (κ2) is 4.04.